The summed E-state index contributed by atoms with van der Waals surface area (Å²) in [5.41, 5.74) is 1.57. The highest BCUT2D eigenvalue weighted by Crippen LogP contribution is 2.32. The second kappa shape index (κ2) is 6.91. The van der Waals surface area contributed by atoms with Crippen LogP contribution in [-0.2, 0) is 10.0 Å². The van der Waals surface area contributed by atoms with Gasteiger partial charge in [0, 0.05) is 5.56 Å². The van der Waals surface area contributed by atoms with Crippen LogP contribution in [0.15, 0.2) is 89.8 Å². The number of carbonyl (C=O) groups is 1. The number of hydrogen-bond donors (Lipinski definition) is 0. The molecule has 25 heavy (non-hydrogen) atoms. The summed E-state index contributed by atoms with van der Waals surface area (Å²) in [7, 11) is -3.83. The van der Waals surface area contributed by atoms with Crippen LogP contribution in [0, 0.1) is 0 Å². The van der Waals surface area contributed by atoms with Crippen molar-refractivity contribution in [3.05, 3.63) is 90.5 Å². The summed E-state index contributed by atoms with van der Waals surface area (Å²) in [5.74, 6) is -0.105. The van der Waals surface area contributed by atoms with Gasteiger partial charge in [0.25, 0.3) is 10.0 Å². The summed E-state index contributed by atoms with van der Waals surface area (Å²) in [6, 6.07) is 23.8. The number of ketones is 1. The van der Waals surface area contributed by atoms with Gasteiger partial charge < -0.3 is 0 Å². The smallest absolute Gasteiger partial charge is 0.268 e. The largest absolute Gasteiger partial charge is 0.295 e. The van der Waals surface area contributed by atoms with Crippen LogP contribution in [0.5, 0.6) is 0 Å². The van der Waals surface area contributed by atoms with Crippen molar-refractivity contribution in [3.8, 4) is 0 Å². The Hall–Kier alpha value is -2.92. The molecule has 126 valence electrons. The predicted molar refractivity (Wildman–Crippen MR) is 98.7 cm³/mol. The first-order valence-corrected chi connectivity index (χ1v) is 9.20. The molecule has 0 fully saturated rings. The summed E-state index contributed by atoms with van der Waals surface area (Å²) in [4.78, 5) is 11.6. The Labute approximate surface area is 147 Å². The van der Waals surface area contributed by atoms with Gasteiger partial charge in [-0.15, -0.1) is 0 Å². The van der Waals surface area contributed by atoms with E-state index in [1.165, 1.54) is 35.5 Å². The van der Waals surface area contributed by atoms with Crippen molar-refractivity contribution < 1.29 is 13.2 Å². The van der Waals surface area contributed by atoms with Crippen LogP contribution in [0.1, 0.15) is 17.3 Å². The van der Waals surface area contributed by atoms with Crippen molar-refractivity contribution in [1.29, 1.82) is 0 Å². The van der Waals surface area contributed by atoms with Crippen LogP contribution in [0.2, 0.25) is 0 Å². The molecular weight excluding hydrogens is 334 g/mol. The first-order valence-electron chi connectivity index (χ1n) is 7.76. The molecule has 0 saturated heterocycles. The van der Waals surface area contributed by atoms with Crippen LogP contribution in [0.25, 0.3) is 0 Å². The fraction of sp³-hybridized carbons (Fsp3) is 0.0500. The van der Waals surface area contributed by atoms with Gasteiger partial charge in [-0.1, -0.05) is 48.5 Å². The van der Waals surface area contributed by atoms with E-state index in [0.717, 1.165) is 0 Å². The van der Waals surface area contributed by atoms with Crippen molar-refractivity contribution in [2.24, 2.45) is 0 Å². The lowest BCUT2D eigenvalue weighted by Crippen LogP contribution is -2.26. The summed E-state index contributed by atoms with van der Waals surface area (Å²) in [5, 5.41) is 0. The highest BCUT2D eigenvalue weighted by atomic mass is 32.2. The molecule has 0 radical (unpaired) electrons. The molecule has 0 unspecified atom stereocenters. The Morgan fingerprint density at radius 1 is 0.720 bits per heavy atom. The number of rotatable bonds is 5. The Bertz CT molecular complexity index is 927. The van der Waals surface area contributed by atoms with E-state index in [1.54, 1.807) is 48.5 Å². The second-order valence-electron chi connectivity index (χ2n) is 5.52. The zero-order valence-electron chi connectivity index (χ0n) is 13.7. The highest BCUT2D eigenvalue weighted by Gasteiger charge is 2.26. The maximum atomic E-state index is 13.3. The van der Waals surface area contributed by atoms with E-state index in [2.05, 4.69) is 0 Å². The van der Waals surface area contributed by atoms with Crippen molar-refractivity contribution in [3.63, 3.8) is 0 Å². The number of Topliss-reactive ketones (excluding diaryl/α,β-unsaturated/α-hetero) is 1. The molecule has 0 heterocycles. The van der Waals surface area contributed by atoms with E-state index in [-0.39, 0.29) is 10.7 Å². The van der Waals surface area contributed by atoms with Gasteiger partial charge in [-0.05, 0) is 43.3 Å². The lowest BCUT2D eigenvalue weighted by Gasteiger charge is -2.24. The molecule has 0 atom stereocenters. The third kappa shape index (κ3) is 3.46. The zero-order valence-corrected chi connectivity index (χ0v) is 14.5. The van der Waals surface area contributed by atoms with E-state index in [9.17, 15) is 13.2 Å². The molecule has 0 bridgehead atoms. The van der Waals surface area contributed by atoms with Gasteiger partial charge in [0.2, 0.25) is 0 Å². The third-order valence-corrected chi connectivity index (χ3v) is 5.55. The topological polar surface area (TPSA) is 54.5 Å². The molecule has 0 N–H and O–H groups in total. The maximum Gasteiger partial charge on any atom is 0.268 e. The molecule has 3 rings (SSSR count). The SMILES string of the molecule is CC(=O)c1ccc(S(=O)(=O)N(c2ccccc2)c2ccccc2)cc1. The fourth-order valence-corrected chi connectivity index (χ4v) is 4.01. The van der Waals surface area contributed by atoms with Crippen molar-refractivity contribution in [1.82, 2.24) is 0 Å². The Balaban J connectivity index is 2.13. The average Bonchev–Trinajstić information content (AvgIpc) is 2.63. The monoisotopic (exact) mass is 351 g/mol. The van der Waals surface area contributed by atoms with Crippen LogP contribution < -0.4 is 4.31 Å². The van der Waals surface area contributed by atoms with E-state index in [4.69, 9.17) is 0 Å². The van der Waals surface area contributed by atoms with Crippen molar-refractivity contribution >= 4 is 27.2 Å². The number of benzene rings is 3. The van der Waals surface area contributed by atoms with Crippen molar-refractivity contribution in [2.45, 2.75) is 11.8 Å². The number of sulfonamides is 1. The predicted octanol–water partition coefficient (Wildman–Crippen LogP) is 4.42. The zero-order chi connectivity index (χ0) is 17.9. The van der Waals surface area contributed by atoms with Crippen LogP contribution >= 0.6 is 0 Å². The van der Waals surface area contributed by atoms with Gasteiger partial charge in [0.1, 0.15) is 0 Å². The quantitative estimate of drug-likeness (QED) is 0.640. The molecule has 0 saturated carbocycles. The molecule has 3 aromatic rings. The molecule has 3 aromatic carbocycles. The molecule has 0 aliphatic rings. The molecule has 4 nitrogen and oxygen atoms in total. The van der Waals surface area contributed by atoms with Gasteiger partial charge in [-0.2, -0.15) is 0 Å². The van der Waals surface area contributed by atoms with Gasteiger partial charge in [0.15, 0.2) is 5.78 Å². The van der Waals surface area contributed by atoms with E-state index < -0.39 is 10.0 Å². The molecule has 0 aromatic heterocycles. The minimum atomic E-state index is -3.83. The van der Waals surface area contributed by atoms with Crippen LogP contribution in [0.3, 0.4) is 0 Å². The molecule has 0 aliphatic carbocycles. The Kier molecular flexibility index (Phi) is 4.67. The molecule has 0 spiro atoms. The van der Waals surface area contributed by atoms with Gasteiger partial charge in [0.05, 0.1) is 16.3 Å². The molecule has 0 amide bonds. The lowest BCUT2D eigenvalue weighted by atomic mass is 10.2. The fourth-order valence-electron chi connectivity index (χ4n) is 2.52. The average molecular weight is 351 g/mol. The van der Waals surface area contributed by atoms with Gasteiger partial charge in [-0.25, -0.2) is 12.7 Å². The van der Waals surface area contributed by atoms with E-state index in [1.807, 2.05) is 12.1 Å². The number of nitrogens with zero attached hydrogens (tertiary/aromatic N) is 1. The minimum Gasteiger partial charge on any atom is -0.295 e. The normalized spacial score (nSPS) is 11.1. The van der Waals surface area contributed by atoms with Crippen molar-refractivity contribution in [2.75, 3.05) is 4.31 Å². The molecular formula is C20H17NO3S. The summed E-state index contributed by atoms with van der Waals surface area (Å²) in [6.45, 7) is 1.45. The lowest BCUT2D eigenvalue weighted by molar-refractivity contribution is 0.101. The third-order valence-electron chi connectivity index (χ3n) is 3.78. The number of hydrogen-bond acceptors (Lipinski definition) is 3. The second-order valence-corrected chi connectivity index (χ2v) is 7.31. The standard InChI is InChI=1S/C20H17NO3S/c1-16(22)17-12-14-20(15-13-17)25(23,24)21(18-8-4-2-5-9-18)19-10-6-3-7-11-19/h2-15H,1H3. The summed E-state index contributed by atoms with van der Waals surface area (Å²) >= 11 is 0. The summed E-state index contributed by atoms with van der Waals surface area (Å²) < 4.78 is 27.8. The van der Waals surface area contributed by atoms with Crippen LogP contribution in [0.4, 0.5) is 11.4 Å². The maximum absolute atomic E-state index is 13.3. The van der Waals surface area contributed by atoms with Gasteiger partial charge in [-0.3, -0.25) is 4.79 Å². The first kappa shape index (κ1) is 16.9. The van der Waals surface area contributed by atoms with Crippen LogP contribution in [-0.4, -0.2) is 14.2 Å². The van der Waals surface area contributed by atoms with E-state index in [0.29, 0.717) is 16.9 Å². The molecule has 0 aliphatic heterocycles. The number of carbonyl (C=O) groups excluding carboxylic acids is 1. The van der Waals surface area contributed by atoms with E-state index >= 15 is 0 Å². The Morgan fingerprint density at radius 2 is 1.16 bits per heavy atom. The highest BCUT2D eigenvalue weighted by molar-refractivity contribution is 7.93. The first-order chi connectivity index (χ1) is 12.0. The Morgan fingerprint density at radius 3 is 1.56 bits per heavy atom. The van der Waals surface area contributed by atoms with Gasteiger partial charge >= 0.3 is 0 Å². The molecule has 5 heteroatoms. The number of anilines is 2. The minimum absolute atomic E-state index is 0.105. The number of para-hydroxylation sites is 2. The summed E-state index contributed by atoms with van der Waals surface area (Å²) in [6.07, 6.45) is 0.